The highest BCUT2D eigenvalue weighted by molar-refractivity contribution is 7.89. The van der Waals surface area contributed by atoms with Crippen molar-refractivity contribution in [2.24, 2.45) is 0 Å². The molecule has 0 unspecified atom stereocenters. The van der Waals surface area contributed by atoms with E-state index in [1.165, 1.54) is 24.3 Å². The fraction of sp³-hybridized carbons (Fsp3) is 0.286. The van der Waals surface area contributed by atoms with E-state index in [9.17, 15) is 26.4 Å². The zero-order chi connectivity index (χ0) is 28.8. The van der Waals surface area contributed by atoms with Crippen LogP contribution in [0.3, 0.4) is 0 Å². The number of carbonyl (C=O) groups excluding carboxylic acids is 2. The molecule has 0 radical (unpaired) electrons. The van der Waals surface area contributed by atoms with Gasteiger partial charge < -0.3 is 10.6 Å². The summed E-state index contributed by atoms with van der Waals surface area (Å²) < 4.78 is 56.1. The largest absolute Gasteiger partial charge is 0.352 e. The van der Waals surface area contributed by atoms with Gasteiger partial charge in [0.05, 0.1) is 21.0 Å². The molecular weight excluding hydrogens is 552 g/mol. The Bertz CT molecular complexity index is 1550. The topological polar surface area (TPSA) is 133 Å². The lowest BCUT2D eigenvalue weighted by Crippen LogP contribution is -2.60. The Labute approximate surface area is 235 Å². The molecule has 0 aromatic heterocycles. The number of anilines is 1. The van der Waals surface area contributed by atoms with Gasteiger partial charge in [0.2, 0.25) is 26.0 Å². The molecule has 3 aromatic rings. The second kappa shape index (κ2) is 12.7. The quantitative estimate of drug-likeness (QED) is 0.352. The summed E-state index contributed by atoms with van der Waals surface area (Å²) in [5, 5.41) is 5.50. The predicted molar refractivity (Wildman–Crippen MR) is 152 cm³/mol. The second-order valence-electron chi connectivity index (χ2n) is 9.27. The molecule has 12 heteroatoms. The number of nitrogens with one attached hydrogen (secondary N) is 2. The Morgan fingerprint density at radius 3 is 2.00 bits per heavy atom. The molecule has 1 aliphatic heterocycles. The van der Waals surface area contributed by atoms with E-state index in [1.807, 2.05) is 6.92 Å². The molecule has 1 saturated heterocycles. The van der Waals surface area contributed by atoms with E-state index in [-0.39, 0.29) is 40.0 Å². The van der Waals surface area contributed by atoms with Crippen LogP contribution in [0.15, 0.2) is 94.7 Å². The molecule has 0 saturated carbocycles. The normalized spacial score (nSPS) is 16.8. The highest BCUT2D eigenvalue weighted by atomic mass is 32.2. The number of piperazine rings is 1. The maximum absolute atomic E-state index is 13.7. The first kappa shape index (κ1) is 29.4. The SMILES string of the molecule is CCCCNC(=O)c1ccccc1NC(=O)[C@@H]1CN(S(=O)(=O)c2ccccc2)CCN1S(=O)(=O)c1ccccc1. The van der Waals surface area contributed by atoms with Crippen molar-refractivity contribution in [3.8, 4) is 0 Å². The number of para-hydroxylation sites is 1. The molecule has 10 nitrogen and oxygen atoms in total. The van der Waals surface area contributed by atoms with Crippen LogP contribution in [0.5, 0.6) is 0 Å². The lowest BCUT2D eigenvalue weighted by Gasteiger charge is -2.39. The molecule has 212 valence electrons. The molecule has 2 N–H and O–H groups in total. The van der Waals surface area contributed by atoms with Gasteiger partial charge in [0, 0.05) is 26.2 Å². The summed E-state index contributed by atoms with van der Waals surface area (Å²) in [5.41, 5.74) is 0.413. The van der Waals surface area contributed by atoms with Crippen molar-refractivity contribution in [2.45, 2.75) is 35.6 Å². The minimum atomic E-state index is -4.15. The van der Waals surface area contributed by atoms with E-state index in [1.54, 1.807) is 60.7 Å². The first-order chi connectivity index (χ1) is 19.2. The molecule has 1 aliphatic rings. The van der Waals surface area contributed by atoms with Gasteiger partial charge in [0.15, 0.2) is 0 Å². The van der Waals surface area contributed by atoms with Gasteiger partial charge in [0.1, 0.15) is 6.04 Å². The number of sulfonamides is 2. The minimum Gasteiger partial charge on any atom is -0.352 e. The van der Waals surface area contributed by atoms with Crippen LogP contribution < -0.4 is 10.6 Å². The number of carbonyl (C=O) groups is 2. The van der Waals surface area contributed by atoms with Crippen molar-refractivity contribution >= 4 is 37.5 Å². The summed E-state index contributed by atoms with van der Waals surface area (Å²) in [6.45, 7) is 1.70. The maximum Gasteiger partial charge on any atom is 0.253 e. The maximum atomic E-state index is 13.7. The van der Waals surface area contributed by atoms with Crippen LogP contribution in [0.4, 0.5) is 5.69 Å². The van der Waals surface area contributed by atoms with Crippen molar-refractivity contribution in [3.63, 3.8) is 0 Å². The third-order valence-corrected chi connectivity index (χ3v) is 10.4. The Kier molecular flexibility index (Phi) is 9.36. The van der Waals surface area contributed by atoms with E-state index >= 15 is 0 Å². The van der Waals surface area contributed by atoms with Crippen molar-refractivity contribution in [1.29, 1.82) is 0 Å². The average molecular weight is 585 g/mol. The zero-order valence-electron chi connectivity index (χ0n) is 22.1. The number of amides is 2. The Morgan fingerprint density at radius 1 is 0.800 bits per heavy atom. The Hall–Kier alpha value is -3.58. The molecule has 0 bridgehead atoms. The first-order valence-electron chi connectivity index (χ1n) is 13.0. The highest BCUT2D eigenvalue weighted by Crippen LogP contribution is 2.26. The van der Waals surface area contributed by atoms with E-state index in [0.717, 1.165) is 21.5 Å². The molecule has 4 rings (SSSR count). The van der Waals surface area contributed by atoms with Crippen LogP contribution >= 0.6 is 0 Å². The molecular formula is C28H32N4O6S2. The smallest absolute Gasteiger partial charge is 0.253 e. The molecule has 1 atom stereocenters. The number of hydrogen-bond donors (Lipinski definition) is 2. The monoisotopic (exact) mass is 584 g/mol. The summed E-state index contributed by atoms with van der Waals surface area (Å²) in [7, 11) is -8.15. The van der Waals surface area contributed by atoms with Crippen LogP contribution in [0, 0.1) is 0 Å². The summed E-state index contributed by atoms with van der Waals surface area (Å²) in [4.78, 5) is 26.6. The van der Waals surface area contributed by atoms with Crippen molar-refractivity contribution in [1.82, 2.24) is 13.9 Å². The number of benzene rings is 3. The molecule has 1 fully saturated rings. The van der Waals surface area contributed by atoms with Gasteiger partial charge >= 0.3 is 0 Å². The summed E-state index contributed by atoms with van der Waals surface area (Å²) in [5.74, 6) is -1.13. The van der Waals surface area contributed by atoms with E-state index < -0.39 is 38.5 Å². The fourth-order valence-corrected chi connectivity index (χ4v) is 7.46. The van der Waals surface area contributed by atoms with Gasteiger partial charge in [-0.25, -0.2) is 16.8 Å². The lowest BCUT2D eigenvalue weighted by atomic mass is 10.1. The molecule has 1 heterocycles. The van der Waals surface area contributed by atoms with E-state index in [4.69, 9.17) is 0 Å². The fourth-order valence-electron chi connectivity index (χ4n) is 4.41. The molecule has 2 amide bonds. The van der Waals surface area contributed by atoms with Gasteiger partial charge in [-0.3, -0.25) is 9.59 Å². The number of hydrogen-bond acceptors (Lipinski definition) is 6. The second-order valence-corrected chi connectivity index (χ2v) is 13.1. The van der Waals surface area contributed by atoms with Crippen LogP contribution in [0.1, 0.15) is 30.1 Å². The molecule has 3 aromatic carbocycles. The minimum absolute atomic E-state index is 0.0112. The van der Waals surface area contributed by atoms with Crippen molar-refractivity contribution in [3.05, 3.63) is 90.5 Å². The first-order valence-corrected chi connectivity index (χ1v) is 15.8. The Balaban J connectivity index is 1.67. The third-order valence-electron chi connectivity index (χ3n) is 6.57. The number of unbranched alkanes of at least 4 members (excludes halogenated alkanes) is 1. The van der Waals surface area contributed by atoms with Crippen LogP contribution in [-0.4, -0.2) is 69.5 Å². The van der Waals surface area contributed by atoms with Crippen LogP contribution in [0.25, 0.3) is 0 Å². The third kappa shape index (κ3) is 6.41. The van der Waals surface area contributed by atoms with Crippen LogP contribution in [-0.2, 0) is 24.8 Å². The van der Waals surface area contributed by atoms with Gasteiger partial charge in [-0.05, 0) is 42.8 Å². The van der Waals surface area contributed by atoms with Gasteiger partial charge in [-0.2, -0.15) is 8.61 Å². The van der Waals surface area contributed by atoms with Crippen molar-refractivity contribution in [2.75, 3.05) is 31.5 Å². The van der Waals surface area contributed by atoms with E-state index in [0.29, 0.717) is 6.54 Å². The lowest BCUT2D eigenvalue weighted by molar-refractivity contribution is -0.120. The van der Waals surface area contributed by atoms with Gasteiger partial charge in [0.25, 0.3) is 5.91 Å². The van der Waals surface area contributed by atoms with Crippen molar-refractivity contribution < 1.29 is 26.4 Å². The zero-order valence-corrected chi connectivity index (χ0v) is 23.7. The summed E-state index contributed by atoms with van der Waals surface area (Å²) >= 11 is 0. The highest BCUT2D eigenvalue weighted by Gasteiger charge is 2.43. The summed E-state index contributed by atoms with van der Waals surface area (Å²) in [6, 6.07) is 20.5. The van der Waals surface area contributed by atoms with Crippen LogP contribution in [0.2, 0.25) is 0 Å². The van der Waals surface area contributed by atoms with E-state index in [2.05, 4.69) is 10.6 Å². The average Bonchev–Trinajstić information content (AvgIpc) is 2.98. The van der Waals surface area contributed by atoms with Gasteiger partial charge in [-0.1, -0.05) is 61.9 Å². The predicted octanol–water partition coefficient (Wildman–Crippen LogP) is 2.92. The molecule has 40 heavy (non-hydrogen) atoms. The number of rotatable bonds is 10. The summed E-state index contributed by atoms with van der Waals surface area (Å²) in [6.07, 6.45) is 1.69. The Morgan fingerprint density at radius 2 is 1.38 bits per heavy atom. The standard InChI is InChI=1S/C28H32N4O6S2/c1-2-3-18-29-27(33)24-16-10-11-17-25(24)30-28(34)26-21-31(39(35,36)22-12-6-4-7-13-22)19-20-32(26)40(37,38)23-14-8-5-9-15-23/h4-17,26H,2-3,18-21H2,1H3,(H,29,33)(H,30,34)/t26-/m0/s1. The molecule has 0 spiro atoms. The molecule has 0 aliphatic carbocycles. The van der Waals surface area contributed by atoms with Gasteiger partial charge in [-0.15, -0.1) is 0 Å². The number of nitrogens with zero attached hydrogens (tertiary/aromatic N) is 2.